The molecule has 1 aliphatic rings. The third-order valence-corrected chi connectivity index (χ3v) is 3.78. The second-order valence-electron chi connectivity index (χ2n) is 5.83. The second-order valence-corrected chi connectivity index (χ2v) is 5.83. The van der Waals surface area contributed by atoms with Crippen LogP contribution in [0, 0.1) is 0 Å². The van der Waals surface area contributed by atoms with E-state index >= 15 is 0 Å². The van der Waals surface area contributed by atoms with Gasteiger partial charge in [-0.3, -0.25) is 9.89 Å². The molecule has 1 atom stereocenters. The van der Waals surface area contributed by atoms with E-state index in [-0.39, 0.29) is 24.0 Å². The van der Waals surface area contributed by atoms with Gasteiger partial charge in [-0.05, 0) is 19.4 Å². The number of hydrogen-bond donors (Lipinski definition) is 2. The summed E-state index contributed by atoms with van der Waals surface area (Å²) in [4.78, 5) is 6.77. The van der Waals surface area contributed by atoms with Crippen molar-refractivity contribution in [2.45, 2.75) is 25.9 Å². The molecule has 0 bridgehead atoms. The molecule has 0 aromatic heterocycles. The molecule has 1 heterocycles. The summed E-state index contributed by atoms with van der Waals surface area (Å²) in [5, 5.41) is 6.79. The monoisotopic (exact) mass is 432 g/mol. The van der Waals surface area contributed by atoms with Gasteiger partial charge in [-0.15, -0.1) is 24.0 Å². The van der Waals surface area contributed by atoms with E-state index in [1.54, 1.807) is 0 Å². The van der Waals surface area contributed by atoms with Gasteiger partial charge in [0.05, 0.1) is 19.3 Å². The first-order valence-corrected chi connectivity index (χ1v) is 8.04. The first kappa shape index (κ1) is 20.2. The van der Waals surface area contributed by atoms with Crippen LogP contribution in [-0.4, -0.2) is 56.8 Å². The van der Waals surface area contributed by atoms with Crippen molar-refractivity contribution in [1.82, 2.24) is 15.5 Å². The number of ether oxygens (including phenoxy) is 1. The number of morpholine rings is 1. The van der Waals surface area contributed by atoms with Gasteiger partial charge in [-0.2, -0.15) is 0 Å². The van der Waals surface area contributed by atoms with E-state index in [4.69, 9.17) is 4.74 Å². The maximum absolute atomic E-state index is 5.49. The fourth-order valence-electron chi connectivity index (χ4n) is 2.68. The fourth-order valence-corrected chi connectivity index (χ4v) is 2.68. The van der Waals surface area contributed by atoms with Crippen LogP contribution in [0.15, 0.2) is 35.3 Å². The van der Waals surface area contributed by atoms with Crippen LogP contribution in [0.3, 0.4) is 0 Å². The highest BCUT2D eigenvalue weighted by Crippen LogP contribution is 2.20. The van der Waals surface area contributed by atoms with Crippen LogP contribution in [0.1, 0.15) is 25.5 Å². The minimum Gasteiger partial charge on any atom is -0.379 e. The largest absolute Gasteiger partial charge is 0.379 e. The molecule has 0 amide bonds. The SMILES string of the molecule is CN=C(NCC(c1ccccc1)N1CCOCC1)NC(C)C.I. The molecule has 130 valence electrons. The summed E-state index contributed by atoms with van der Waals surface area (Å²) in [5.41, 5.74) is 1.33. The van der Waals surface area contributed by atoms with Crippen molar-refractivity contribution in [2.75, 3.05) is 39.9 Å². The zero-order chi connectivity index (χ0) is 15.8. The maximum Gasteiger partial charge on any atom is 0.191 e. The van der Waals surface area contributed by atoms with Crippen molar-refractivity contribution < 1.29 is 4.74 Å². The molecule has 0 radical (unpaired) electrons. The molecule has 0 saturated carbocycles. The molecule has 2 rings (SSSR count). The Bertz CT molecular complexity index is 461. The number of nitrogens with zero attached hydrogens (tertiary/aromatic N) is 2. The van der Waals surface area contributed by atoms with Gasteiger partial charge >= 0.3 is 0 Å². The molecule has 0 spiro atoms. The molecule has 2 N–H and O–H groups in total. The number of hydrogen-bond acceptors (Lipinski definition) is 3. The van der Waals surface area contributed by atoms with E-state index < -0.39 is 0 Å². The summed E-state index contributed by atoms with van der Waals surface area (Å²) >= 11 is 0. The summed E-state index contributed by atoms with van der Waals surface area (Å²) in [6.07, 6.45) is 0. The quantitative estimate of drug-likeness (QED) is 0.426. The highest BCUT2D eigenvalue weighted by atomic mass is 127. The van der Waals surface area contributed by atoms with Crippen molar-refractivity contribution in [3.05, 3.63) is 35.9 Å². The average molecular weight is 432 g/mol. The zero-order valence-electron chi connectivity index (χ0n) is 14.3. The Hall–Kier alpha value is -0.860. The lowest BCUT2D eigenvalue weighted by Gasteiger charge is -2.35. The Labute approximate surface area is 156 Å². The van der Waals surface area contributed by atoms with Gasteiger partial charge in [0.15, 0.2) is 5.96 Å². The molecule has 0 aliphatic carbocycles. The molecule has 1 aromatic carbocycles. The molecule has 1 saturated heterocycles. The molecule has 1 unspecified atom stereocenters. The van der Waals surface area contributed by atoms with Crippen molar-refractivity contribution in [1.29, 1.82) is 0 Å². The van der Waals surface area contributed by atoms with Crippen molar-refractivity contribution >= 4 is 29.9 Å². The van der Waals surface area contributed by atoms with Crippen LogP contribution in [0.4, 0.5) is 0 Å². The predicted octanol–water partition coefficient (Wildman–Crippen LogP) is 2.25. The van der Waals surface area contributed by atoms with Crippen LogP contribution >= 0.6 is 24.0 Å². The van der Waals surface area contributed by atoms with Gasteiger partial charge in [0.2, 0.25) is 0 Å². The van der Waals surface area contributed by atoms with Crippen molar-refractivity contribution in [3.8, 4) is 0 Å². The minimum atomic E-state index is 0. The molecule has 6 heteroatoms. The van der Waals surface area contributed by atoms with Crippen LogP contribution in [-0.2, 0) is 4.74 Å². The van der Waals surface area contributed by atoms with E-state index in [2.05, 4.69) is 64.7 Å². The Morgan fingerprint density at radius 2 is 1.87 bits per heavy atom. The lowest BCUT2D eigenvalue weighted by atomic mass is 10.0. The van der Waals surface area contributed by atoms with Crippen LogP contribution < -0.4 is 10.6 Å². The Morgan fingerprint density at radius 3 is 2.43 bits per heavy atom. The van der Waals surface area contributed by atoms with Crippen LogP contribution in [0.5, 0.6) is 0 Å². The summed E-state index contributed by atoms with van der Waals surface area (Å²) in [6, 6.07) is 11.3. The number of benzene rings is 1. The predicted molar refractivity (Wildman–Crippen MR) is 107 cm³/mol. The van der Waals surface area contributed by atoms with Gasteiger partial charge < -0.3 is 15.4 Å². The van der Waals surface area contributed by atoms with E-state index in [1.807, 2.05) is 7.05 Å². The van der Waals surface area contributed by atoms with Gasteiger partial charge in [-0.25, -0.2) is 0 Å². The zero-order valence-corrected chi connectivity index (χ0v) is 16.6. The molecule has 1 fully saturated rings. The number of nitrogens with one attached hydrogen (secondary N) is 2. The minimum absolute atomic E-state index is 0. The highest BCUT2D eigenvalue weighted by Gasteiger charge is 2.22. The number of rotatable bonds is 5. The number of aliphatic imine (C=N–C) groups is 1. The summed E-state index contributed by atoms with van der Waals surface area (Å²) in [6.45, 7) is 8.61. The lowest BCUT2D eigenvalue weighted by Crippen LogP contribution is -2.47. The highest BCUT2D eigenvalue weighted by molar-refractivity contribution is 14.0. The third kappa shape index (κ3) is 6.64. The molecule has 1 aliphatic heterocycles. The smallest absolute Gasteiger partial charge is 0.191 e. The Kier molecular flexibility index (Phi) is 9.50. The first-order valence-electron chi connectivity index (χ1n) is 8.04. The fraction of sp³-hybridized carbons (Fsp3) is 0.588. The molecular formula is C17H29IN4O. The summed E-state index contributed by atoms with van der Waals surface area (Å²) in [7, 11) is 1.81. The molecular weight excluding hydrogens is 403 g/mol. The molecule has 1 aromatic rings. The maximum atomic E-state index is 5.49. The lowest BCUT2D eigenvalue weighted by molar-refractivity contribution is 0.0170. The second kappa shape index (κ2) is 10.8. The average Bonchev–Trinajstić information content (AvgIpc) is 2.55. The number of halogens is 1. The molecule has 5 nitrogen and oxygen atoms in total. The topological polar surface area (TPSA) is 48.9 Å². The van der Waals surface area contributed by atoms with Crippen LogP contribution in [0.2, 0.25) is 0 Å². The van der Waals surface area contributed by atoms with Crippen molar-refractivity contribution in [3.63, 3.8) is 0 Å². The van der Waals surface area contributed by atoms with E-state index in [1.165, 1.54) is 5.56 Å². The van der Waals surface area contributed by atoms with Gasteiger partial charge in [0, 0.05) is 32.7 Å². The summed E-state index contributed by atoms with van der Waals surface area (Å²) in [5.74, 6) is 0.851. The standard InChI is InChI=1S/C17H28N4O.HI/c1-14(2)20-17(18-3)19-13-16(15-7-5-4-6-8-15)21-9-11-22-12-10-21;/h4-8,14,16H,9-13H2,1-3H3,(H2,18,19,20);1H. The third-order valence-electron chi connectivity index (χ3n) is 3.78. The van der Waals surface area contributed by atoms with E-state index in [9.17, 15) is 0 Å². The van der Waals surface area contributed by atoms with Crippen LogP contribution in [0.25, 0.3) is 0 Å². The first-order chi connectivity index (χ1) is 10.7. The van der Waals surface area contributed by atoms with E-state index in [0.29, 0.717) is 12.1 Å². The van der Waals surface area contributed by atoms with Gasteiger partial charge in [-0.1, -0.05) is 30.3 Å². The van der Waals surface area contributed by atoms with E-state index in [0.717, 1.165) is 38.8 Å². The van der Waals surface area contributed by atoms with Gasteiger partial charge in [0.25, 0.3) is 0 Å². The van der Waals surface area contributed by atoms with Crippen molar-refractivity contribution in [2.24, 2.45) is 4.99 Å². The number of guanidine groups is 1. The Balaban J connectivity index is 0.00000264. The van der Waals surface area contributed by atoms with Gasteiger partial charge in [0.1, 0.15) is 0 Å². The molecule has 23 heavy (non-hydrogen) atoms. The normalized spacial score (nSPS) is 17.5. The summed E-state index contributed by atoms with van der Waals surface area (Å²) < 4.78 is 5.49. The Morgan fingerprint density at radius 1 is 1.22 bits per heavy atom.